The fourth-order valence-corrected chi connectivity index (χ4v) is 3.00. The number of aliphatic hydroxyl groups excluding tert-OH is 1. The summed E-state index contributed by atoms with van der Waals surface area (Å²) in [5, 5.41) is 22.4. The van der Waals surface area contributed by atoms with Crippen LogP contribution >= 0.6 is 0 Å². The minimum atomic E-state index is -0.680. The molecular weight excluding hydrogens is 344 g/mol. The highest BCUT2D eigenvalue weighted by atomic mass is 16.5. The number of nitrogens with zero attached hydrogens (tertiary/aromatic N) is 5. The molecule has 0 amide bonds. The third kappa shape index (κ3) is 3.20. The lowest BCUT2D eigenvalue weighted by molar-refractivity contribution is 0.0272. The molecule has 0 saturated heterocycles. The van der Waals surface area contributed by atoms with Gasteiger partial charge in [-0.2, -0.15) is 10.2 Å². The maximum Gasteiger partial charge on any atom is 0.162 e. The van der Waals surface area contributed by atoms with Gasteiger partial charge in [0.25, 0.3) is 0 Å². The lowest BCUT2D eigenvalue weighted by Gasteiger charge is -2.11. The second kappa shape index (κ2) is 6.57. The third-order valence-electron chi connectivity index (χ3n) is 4.61. The van der Waals surface area contributed by atoms with Crippen molar-refractivity contribution in [3.63, 3.8) is 0 Å². The first-order valence-corrected chi connectivity index (χ1v) is 8.87. The molecule has 27 heavy (non-hydrogen) atoms. The van der Waals surface area contributed by atoms with Gasteiger partial charge in [-0.3, -0.25) is 5.10 Å². The number of hydrogen-bond acceptors (Lipinski definition) is 6. The summed E-state index contributed by atoms with van der Waals surface area (Å²) in [6.45, 7) is 0.297. The molecule has 3 heterocycles. The van der Waals surface area contributed by atoms with Crippen molar-refractivity contribution in [3.05, 3.63) is 54.6 Å². The number of fused-ring (bicyclic) bond motifs is 1. The van der Waals surface area contributed by atoms with Gasteiger partial charge in [0, 0.05) is 22.7 Å². The molecule has 0 radical (unpaired) electrons. The molecule has 8 heteroatoms. The lowest BCUT2D eigenvalue weighted by Crippen LogP contribution is -2.08. The number of rotatable bonds is 6. The summed E-state index contributed by atoms with van der Waals surface area (Å²) in [4.78, 5) is 8.71. The molecule has 1 saturated carbocycles. The third-order valence-corrected chi connectivity index (χ3v) is 4.61. The number of aromatic amines is 1. The first-order chi connectivity index (χ1) is 13.3. The van der Waals surface area contributed by atoms with Crippen LogP contribution in [-0.4, -0.2) is 47.8 Å². The van der Waals surface area contributed by atoms with Gasteiger partial charge in [0.05, 0.1) is 24.6 Å². The SMILES string of the molecule is O[C@H](COC1CC1)c1cnc2c(cnn2-c2cccc(-c3ncn[nH]3)c2)c1. The number of benzene rings is 1. The van der Waals surface area contributed by atoms with Crippen LogP contribution in [-0.2, 0) is 4.74 Å². The van der Waals surface area contributed by atoms with E-state index in [0.29, 0.717) is 18.5 Å². The lowest BCUT2D eigenvalue weighted by atomic mass is 10.1. The minimum Gasteiger partial charge on any atom is -0.386 e. The van der Waals surface area contributed by atoms with Crippen molar-refractivity contribution >= 4 is 11.0 Å². The average Bonchev–Trinajstić information content (AvgIpc) is 3.19. The quantitative estimate of drug-likeness (QED) is 0.546. The Morgan fingerprint density at radius 3 is 2.96 bits per heavy atom. The zero-order valence-corrected chi connectivity index (χ0v) is 14.5. The first-order valence-electron chi connectivity index (χ1n) is 8.87. The minimum absolute atomic E-state index is 0.297. The predicted octanol–water partition coefficient (Wildman–Crippen LogP) is 2.42. The molecule has 1 aliphatic rings. The van der Waals surface area contributed by atoms with Crippen molar-refractivity contribution in [3.8, 4) is 17.1 Å². The summed E-state index contributed by atoms with van der Waals surface area (Å²) in [7, 11) is 0. The van der Waals surface area contributed by atoms with Crippen LogP contribution in [0.5, 0.6) is 0 Å². The molecule has 0 aliphatic heterocycles. The van der Waals surface area contributed by atoms with Crippen molar-refractivity contribution in [1.29, 1.82) is 0 Å². The molecule has 136 valence electrons. The van der Waals surface area contributed by atoms with Gasteiger partial charge in [-0.05, 0) is 31.0 Å². The van der Waals surface area contributed by atoms with Crippen molar-refractivity contribution in [1.82, 2.24) is 29.9 Å². The van der Waals surface area contributed by atoms with Crippen LogP contribution in [0.2, 0.25) is 0 Å². The second-order valence-electron chi connectivity index (χ2n) is 6.67. The number of nitrogens with one attached hydrogen (secondary N) is 1. The van der Waals surface area contributed by atoms with Crippen molar-refractivity contribution in [2.24, 2.45) is 0 Å². The van der Waals surface area contributed by atoms with E-state index in [9.17, 15) is 5.11 Å². The van der Waals surface area contributed by atoms with Crippen LogP contribution in [0.15, 0.2) is 49.1 Å². The van der Waals surface area contributed by atoms with Crippen LogP contribution in [0.4, 0.5) is 0 Å². The summed E-state index contributed by atoms with van der Waals surface area (Å²) >= 11 is 0. The Bertz CT molecular complexity index is 1070. The molecule has 8 nitrogen and oxygen atoms in total. The molecule has 1 fully saturated rings. The van der Waals surface area contributed by atoms with Crippen LogP contribution < -0.4 is 0 Å². The van der Waals surface area contributed by atoms with Crippen molar-refractivity contribution < 1.29 is 9.84 Å². The highest BCUT2D eigenvalue weighted by Gasteiger charge is 2.23. The molecule has 0 unspecified atom stereocenters. The summed E-state index contributed by atoms with van der Waals surface area (Å²) in [6, 6.07) is 9.74. The van der Waals surface area contributed by atoms with Crippen LogP contribution in [0.3, 0.4) is 0 Å². The number of aromatic nitrogens is 6. The molecular formula is C19H18N6O2. The van der Waals surface area contributed by atoms with Gasteiger partial charge in [-0.25, -0.2) is 14.6 Å². The number of ether oxygens (including phenoxy) is 1. The monoisotopic (exact) mass is 362 g/mol. The largest absolute Gasteiger partial charge is 0.386 e. The molecule has 1 aliphatic carbocycles. The smallest absolute Gasteiger partial charge is 0.162 e. The predicted molar refractivity (Wildman–Crippen MR) is 98.2 cm³/mol. The molecule has 4 aromatic rings. The molecule has 3 aromatic heterocycles. The highest BCUT2D eigenvalue weighted by molar-refractivity contribution is 5.77. The van der Waals surface area contributed by atoms with Gasteiger partial charge in [0.15, 0.2) is 11.5 Å². The molecule has 1 atom stereocenters. The Labute approximate surface area is 154 Å². The van der Waals surface area contributed by atoms with Crippen molar-refractivity contribution in [2.75, 3.05) is 6.61 Å². The van der Waals surface area contributed by atoms with Gasteiger partial charge in [0.2, 0.25) is 0 Å². The first kappa shape index (κ1) is 16.1. The van der Waals surface area contributed by atoms with E-state index in [4.69, 9.17) is 4.74 Å². The molecule has 1 aromatic carbocycles. The zero-order valence-electron chi connectivity index (χ0n) is 14.5. The Hall–Kier alpha value is -3.10. The van der Waals surface area contributed by atoms with E-state index in [1.807, 2.05) is 30.3 Å². The topological polar surface area (TPSA) is 102 Å². The van der Waals surface area contributed by atoms with Gasteiger partial charge < -0.3 is 9.84 Å². The number of H-pyrrole nitrogens is 1. The normalized spacial score (nSPS) is 15.3. The average molecular weight is 362 g/mol. The molecule has 5 rings (SSSR count). The summed E-state index contributed by atoms with van der Waals surface area (Å²) in [5.74, 6) is 0.697. The highest BCUT2D eigenvalue weighted by Crippen LogP contribution is 2.27. The van der Waals surface area contributed by atoms with Crippen LogP contribution in [0, 0.1) is 0 Å². The zero-order chi connectivity index (χ0) is 18.2. The fourth-order valence-electron chi connectivity index (χ4n) is 3.00. The summed E-state index contributed by atoms with van der Waals surface area (Å²) in [6.07, 6.45) is 6.72. The van der Waals surface area contributed by atoms with E-state index < -0.39 is 6.10 Å². The van der Waals surface area contributed by atoms with Gasteiger partial charge in [-0.1, -0.05) is 12.1 Å². The second-order valence-corrected chi connectivity index (χ2v) is 6.67. The van der Waals surface area contributed by atoms with Gasteiger partial charge in [0.1, 0.15) is 12.4 Å². The summed E-state index contributed by atoms with van der Waals surface area (Å²) in [5.41, 5.74) is 3.25. The Kier molecular flexibility index (Phi) is 3.92. The Balaban J connectivity index is 1.45. The van der Waals surface area contributed by atoms with Gasteiger partial charge in [-0.15, -0.1) is 0 Å². The Morgan fingerprint density at radius 2 is 2.15 bits per heavy atom. The number of pyridine rings is 1. The van der Waals surface area contributed by atoms with Crippen molar-refractivity contribution in [2.45, 2.75) is 25.0 Å². The van der Waals surface area contributed by atoms with Gasteiger partial charge >= 0.3 is 0 Å². The maximum atomic E-state index is 10.3. The summed E-state index contributed by atoms with van der Waals surface area (Å²) < 4.78 is 7.36. The van der Waals surface area contributed by atoms with E-state index >= 15 is 0 Å². The molecule has 2 N–H and O–H groups in total. The number of aliphatic hydroxyl groups is 1. The molecule has 0 spiro atoms. The molecule has 0 bridgehead atoms. The van der Waals surface area contributed by atoms with Crippen LogP contribution in [0.1, 0.15) is 24.5 Å². The van der Waals surface area contributed by atoms with E-state index in [1.54, 1.807) is 17.1 Å². The number of hydrogen-bond donors (Lipinski definition) is 2. The fraction of sp³-hybridized carbons (Fsp3) is 0.263. The van der Waals surface area contributed by atoms with E-state index in [0.717, 1.165) is 40.7 Å². The Morgan fingerprint density at radius 1 is 1.22 bits per heavy atom. The van der Waals surface area contributed by atoms with E-state index in [1.165, 1.54) is 6.33 Å². The van der Waals surface area contributed by atoms with E-state index in [-0.39, 0.29) is 0 Å². The standard InChI is InChI=1S/C19H18N6O2/c26-17(10-27-16-4-5-16)13-6-14-9-23-25(19(14)20-8-13)15-3-1-2-12(7-15)18-21-11-22-24-18/h1-3,6-9,11,16-17,26H,4-5,10H2,(H,21,22,24)/t17-/m1/s1. The van der Waals surface area contributed by atoms with Crippen LogP contribution in [0.25, 0.3) is 28.1 Å². The van der Waals surface area contributed by atoms with E-state index in [2.05, 4.69) is 25.3 Å². The maximum absolute atomic E-state index is 10.3.